The number of halogens is 2. The van der Waals surface area contributed by atoms with Crippen molar-refractivity contribution in [2.75, 3.05) is 6.54 Å². The molecule has 0 spiro atoms. The quantitative estimate of drug-likeness (QED) is 0.659. The summed E-state index contributed by atoms with van der Waals surface area (Å²) in [6, 6.07) is 11.8. The van der Waals surface area contributed by atoms with E-state index in [2.05, 4.69) is 15.3 Å². The first-order chi connectivity index (χ1) is 12.6. The van der Waals surface area contributed by atoms with Gasteiger partial charge in [-0.15, -0.1) is 0 Å². The number of aromatic nitrogens is 2. The molecular weight excluding hydrogens is 353 g/mol. The highest BCUT2D eigenvalue weighted by molar-refractivity contribution is 6.31. The predicted molar refractivity (Wildman–Crippen MR) is 99.5 cm³/mol. The molecule has 26 heavy (non-hydrogen) atoms. The molecule has 0 unspecified atom stereocenters. The molecule has 1 heterocycles. The van der Waals surface area contributed by atoms with Crippen molar-refractivity contribution in [1.82, 2.24) is 15.3 Å². The molecule has 1 aromatic heterocycles. The molecule has 0 saturated carbocycles. The van der Waals surface area contributed by atoms with Gasteiger partial charge >= 0.3 is 0 Å². The van der Waals surface area contributed by atoms with Gasteiger partial charge in [0, 0.05) is 35.1 Å². The number of rotatable bonds is 6. The highest BCUT2D eigenvalue weighted by Crippen LogP contribution is 2.20. The van der Waals surface area contributed by atoms with Crippen molar-refractivity contribution in [2.45, 2.75) is 12.8 Å². The Bertz CT molecular complexity index is 903. The van der Waals surface area contributed by atoms with Crippen molar-refractivity contribution >= 4 is 17.5 Å². The number of aryl methyl sites for hydroxylation is 1. The number of nitrogens with zero attached hydrogens (tertiary/aromatic N) is 2. The molecule has 0 bridgehead atoms. The van der Waals surface area contributed by atoms with Gasteiger partial charge in [0.25, 0.3) is 5.91 Å². The molecule has 0 aliphatic rings. The molecular formula is C20H17ClFN3O. The molecule has 0 radical (unpaired) electrons. The van der Waals surface area contributed by atoms with Gasteiger partial charge in [0.1, 0.15) is 12.1 Å². The number of hydrogen-bond acceptors (Lipinski definition) is 3. The Morgan fingerprint density at radius 1 is 1.08 bits per heavy atom. The van der Waals surface area contributed by atoms with Gasteiger partial charge in [-0.3, -0.25) is 4.79 Å². The fourth-order valence-electron chi connectivity index (χ4n) is 2.62. The fourth-order valence-corrected chi connectivity index (χ4v) is 2.85. The molecule has 2 aromatic carbocycles. The molecule has 3 aromatic rings. The monoisotopic (exact) mass is 369 g/mol. The Morgan fingerprint density at radius 3 is 2.62 bits per heavy atom. The summed E-state index contributed by atoms with van der Waals surface area (Å²) in [4.78, 5) is 20.2. The van der Waals surface area contributed by atoms with Crippen LogP contribution in [0.5, 0.6) is 0 Å². The second-order valence-corrected chi connectivity index (χ2v) is 6.21. The highest BCUT2D eigenvalue weighted by atomic mass is 35.5. The van der Waals surface area contributed by atoms with Gasteiger partial charge in [0.15, 0.2) is 0 Å². The lowest BCUT2D eigenvalue weighted by Crippen LogP contribution is -2.25. The summed E-state index contributed by atoms with van der Waals surface area (Å²) in [5, 5.41) is 3.54. The van der Waals surface area contributed by atoms with Crippen molar-refractivity contribution < 1.29 is 9.18 Å². The summed E-state index contributed by atoms with van der Waals surface area (Å²) in [6.45, 7) is 0.477. The Balaban J connectivity index is 1.61. The van der Waals surface area contributed by atoms with Gasteiger partial charge in [-0.2, -0.15) is 0 Å². The number of hydrogen-bond donors (Lipinski definition) is 1. The third kappa shape index (κ3) is 4.64. The van der Waals surface area contributed by atoms with Crippen LogP contribution in [0.25, 0.3) is 11.1 Å². The third-order valence-corrected chi connectivity index (χ3v) is 4.29. The first-order valence-electron chi connectivity index (χ1n) is 8.21. The molecule has 0 aliphatic heterocycles. The number of carbonyl (C=O) groups is 1. The smallest absolute Gasteiger partial charge is 0.251 e. The van der Waals surface area contributed by atoms with Crippen molar-refractivity contribution in [2.24, 2.45) is 0 Å². The second-order valence-electron chi connectivity index (χ2n) is 5.81. The van der Waals surface area contributed by atoms with E-state index in [9.17, 15) is 9.18 Å². The molecule has 0 saturated heterocycles. The molecule has 1 N–H and O–H groups in total. The van der Waals surface area contributed by atoms with Crippen LogP contribution in [0.2, 0.25) is 5.02 Å². The van der Waals surface area contributed by atoms with Crippen LogP contribution in [0.1, 0.15) is 22.3 Å². The fraction of sp³-hybridized carbons (Fsp3) is 0.150. The molecule has 132 valence electrons. The maximum absolute atomic E-state index is 13.9. The van der Waals surface area contributed by atoms with Gasteiger partial charge in [-0.25, -0.2) is 14.4 Å². The lowest BCUT2D eigenvalue weighted by molar-refractivity contribution is 0.0953. The van der Waals surface area contributed by atoms with E-state index in [0.29, 0.717) is 17.7 Å². The Morgan fingerprint density at radius 2 is 1.85 bits per heavy atom. The Kier molecular flexibility index (Phi) is 5.92. The summed E-state index contributed by atoms with van der Waals surface area (Å²) < 4.78 is 13.9. The van der Waals surface area contributed by atoms with Gasteiger partial charge in [0.05, 0.1) is 0 Å². The molecule has 6 heteroatoms. The van der Waals surface area contributed by atoms with E-state index in [1.807, 2.05) is 24.3 Å². The van der Waals surface area contributed by atoms with Gasteiger partial charge < -0.3 is 5.32 Å². The van der Waals surface area contributed by atoms with E-state index in [1.54, 1.807) is 18.5 Å². The van der Waals surface area contributed by atoms with Crippen LogP contribution in [-0.2, 0) is 6.42 Å². The normalized spacial score (nSPS) is 10.5. The highest BCUT2D eigenvalue weighted by Gasteiger charge is 2.10. The summed E-state index contributed by atoms with van der Waals surface area (Å²) in [6.07, 6.45) is 6.05. The number of benzene rings is 2. The Hall–Kier alpha value is -2.79. The minimum absolute atomic E-state index is 0.265. The number of nitrogens with one attached hydrogen (secondary N) is 1. The first kappa shape index (κ1) is 18.0. The van der Waals surface area contributed by atoms with Crippen LogP contribution in [0.15, 0.2) is 61.2 Å². The van der Waals surface area contributed by atoms with E-state index in [1.165, 1.54) is 18.5 Å². The SMILES string of the molecule is O=C(NCCCc1ccccc1Cl)c1cc(F)cc(-c2cncnc2)c1. The lowest BCUT2D eigenvalue weighted by Gasteiger charge is -2.08. The van der Waals surface area contributed by atoms with Crippen molar-refractivity contribution in [1.29, 1.82) is 0 Å². The average molecular weight is 370 g/mol. The maximum atomic E-state index is 13.9. The second kappa shape index (κ2) is 8.54. The van der Waals surface area contributed by atoms with E-state index in [4.69, 9.17) is 11.6 Å². The topological polar surface area (TPSA) is 54.9 Å². The largest absolute Gasteiger partial charge is 0.352 e. The molecule has 0 aliphatic carbocycles. The first-order valence-corrected chi connectivity index (χ1v) is 8.59. The summed E-state index contributed by atoms with van der Waals surface area (Å²) in [5.41, 5.74) is 2.52. The summed E-state index contributed by atoms with van der Waals surface area (Å²) >= 11 is 6.12. The van der Waals surface area contributed by atoms with Gasteiger partial charge in [-0.05, 0) is 48.2 Å². The molecule has 3 rings (SSSR count). The predicted octanol–water partition coefficient (Wildman–Crippen LogP) is 4.30. The van der Waals surface area contributed by atoms with Crippen LogP contribution >= 0.6 is 11.6 Å². The molecule has 0 fully saturated rings. The molecule has 4 nitrogen and oxygen atoms in total. The number of carbonyl (C=O) groups excluding carboxylic acids is 1. The zero-order valence-corrected chi connectivity index (χ0v) is 14.7. The summed E-state index contributed by atoms with van der Waals surface area (Å²) in [7, 11) is 0. The van der Waals surface area contributed by atoms with E-state index >= 15 is 0 Å². The Labute approximate surface area is 156 Å². The minimum atomic E-state index is -0.479. The molecule has 0 atom stereocenters. The zero-order valence-electron chi connectivity index (χ0n) is 14.0. The maximum Gasteiger partial charge on any atom is 0.251 e. The van der Waals surface area contributed by atoms with Crippen LogP contribution in [0.3, 0.4) is 0 Å². The van der Waals surface area contributed by atoms with Crippen LogP contribution in [0.4, 0.5) is 4.39 Å². The lowest BCUT2D eigenvalue weighted by atomic mass is 10.0. The van der Waals surface area contributed by atoms with Crippen molar-refractivity contribution in [3.8, 4) is 11.1 Å². The molecule has 1 amide bonds. The standard InChI is InChI=1S/C20H17ClFN3O/c21-19-6-2-1-4-14(19)5-3-7-25-20(26)16-8-15(9-18(22)10-16)17-11-23-13-24-12-17/h1-2,4,6,8-13H,3,5,7H2,(H,25,26). The van der Waals surface area contributed by atoms with E-state index < -0.39 is 5.82 Å². The zero-order chi connectivity index (χ0) is 18.4. The van der Waals surface area contributed by atoms with Gasteiger partial charge in [-0.1, -0.05) is 29.8 Å². The summed E-state index contributed by atoms with van der Waals surface area (Å²) in [5.74, 6) is -0.797. The minimum Gasteiger partial charge on any atom is -0.352 e. The van der Waals surface area contributed by atoms with Crippen molar-refractivity contribution in [3.63, 3.8) is 0 Å². The van der Waals surface area contributed by atoms with E-state index in [-0.39, 0.29) is 11.5 Å². The number of amides is 1. The van der Waals surface area contributed by atoms with Gasteiger partial charge in [0.2, 0.25) is 0 Å². The average Bonchev–Trinajstić information content (AvgIpc) is 2.66. The third-order valence-electron chi connectivity index (χ3n) is 3.92. The van der Waals surface area contributed by atoms with E-state index in [0.717, 1.165) is 23.4 Å². The van der Waals surface area contributed by atoms with Crippen LogP contribution < -0.4 is 5.32 Å². The van der Waals surface area contributed by atoms with Crippen LogP contribution in [0, 0.1) is 5.82 Å². The van der Waals surface area contributed by atoms with Crippen LogP contribution in [-0.4, -0.2) is 22.4 Å². The van der Waals surface area contributed by atoms with Crippen molar-refractivity contribution in [3.05, 3.63) is 83.2 Å².